The van der Waals surface area contributed by atoms with Crippen LogP contribution in [-0.4, -0.2) is 59.0 Å². The van der Waals surface area contributed by atoms with Crippen LogP contribution in [-0.2, 0) is 22.0 Å². The first-order valence-electron chi connectivity index (χ1n) is 10.7. The van der Waals surface area contributed by atoms with Crippen LogP contribution in [0.5, 0.6) is 0 Å². The van der Waals surface area contributed by atoms with E-state index in [1.54, 1.807) is 0 Å². The first-order valence-corrected chi connectivity index (χ1v) is 11.9. The van der Waals surface area contributed by atoms with Gasteiger partial charge in [-0.1, -0.05) is 18.2 Å². The third kappa shape index (κ3) is 5.80. The van der Waals surface area contributed by atoms with Crippen LogP contribution in [0.3, 0.4) is 0 Å². The molecule has 4 unspecified atom stereocenters. The highest BCUT2D eigenvalue weighted by atomic mass is 31.2. The highest BCUT2D eigenvalue weighted by molar-refractivity contribution is 7.39. The van der Waals surface area contributed by atoms with Crippen molar-refractivity contribution >= 4 is 8.60 Å². The van der Waals surface area contributed by atoms with Gasteiger partial charge in [-0.2, -0.15) is 13.2 Å². The molecule has 4 rings (SSSR count). The maximum atomic E-state index is 13.5. The Morgan fingerprint density at radius 3 is 2.51 bits per heavy atom. The van der Waals surface area contributed by atoms with Gasteiger partial charge in [0.1, 0.15) is 18.3 Å². The summed E-state index contributed by atoms with van der Waals surface area (Å²) < 4.78 is 52.1. The Balaban J connectivity index is 1.64. The first-order chi connectivity index (χ1) is 17.5. The third-order valence-electron chi connectivity index (χ3n) is 5.74. The molecule has 37 heavy (non-hydrogen) atoms. The van der Waals surface area contributed by atoms with E-state index in [4.69, 9.17) is 14.5 Å². The van der Waals surface area contributed by atoms with Crippen LogP contribution in [0.1, 0.15) is 17.5 Å². The number of hydrogen-bond donors (Lipinski definition) is 4. The largest absolute Gasteiger partial charge is 0.417 e. The van der Waals surface area contributed by atoms with Crippen molar-refractivity contribution in [2.45, 2.75) is 37.3 Å². The number of ether oxygens (including phenoxy) is 1. The second-order valence-electron chi connectivity index (χ2n) is 8.10. The number of alkyl halides is 3. The standard InChI is InChI=1S/C22H21F3N3O8P/c23-22(24,25)15-4-2-1-3-14(15)12-5-7-26-13(9-12)10-28-17(29)6-8-27(21(28)32)20-19(31)18(30)16(36-20)11-35-37(33)34/h1-9,16,18-20,30-31,33-34H,10-11H2. The first kappa shape index (κ1) is 27.1. The van der Waals surface area contributed by atoms with E-state index in [-0.39, 0.29) is 16.8 Å². The lowest BCUT2D eigenvalue weighted by molar-refractivity contribution is -0.137. The van der Waals surface area contributed by atoms with Crippen molar-refractivity contribution < 1.29 is 42.4 Å². The minimum absolute atomic E-state index is 0.101. The van der Waals surface area contributed by atoms with Crippen molar-refractivity contribution in [1.82, 2.24) is 14.1 Å². The van der Waals surface area contributed by atoms with Crippen molar-refractivity contribution in [2.24, 2.45) is 0 Å². The maximum absolute atomic E-state index is 13.5. The van der Waals surface area contributed by atoms with Gasteiger partial charge in [0, 0.05) is 18.5 Å². The number of benzene rings is 1. The number of aliphatic hydroxyl groups is 2. The Bertz CT molecular complexity index is 1380. The van der Waals surface area contributed by atoms with E-state index in [1.807, 2.05) is 0 Å². The molecule has 4 atom stereocenters. The van der Waals surface area contributed by atoms with E-state index >= 15 is 0 Å². The van der Waals surface area contributed by atoms with Gasteiger partial charge in [0.2, 0.25) is 0 Å². The van der Waals surface area contributed by atoms with Gasteiger partial charge >= 0.3 is 20.5 Å². The van der Waals surface area contributed by atoms with E-state index in [1.165, 1.54) is 36.5 Å². The summed E-state index contributed by atoms with van der Waals surface area (Å²) in [5.74, 6) is 0. The summed E-state index contributed by atoms with van der Waals surface area (Å²) in [6.07, 6.45) is -8.10. The Morgan fingerprint density at radius 1 is 1.08 bits per heavy atom. The number of aromatic nitrogens is 3. The van der Waals surface area contributed by atoms with E-state index in [0.717, 1.165) is 27.5 Å². The van der Waals surface area contributed by atoms with Crippen molar-refractivity contribution in [2.75, 3.05) is 6.61 Å². The van der Waals surface area contributed by atoms with Crippen molar-refractivity contribution in [1.29, 1.82) is 0 Å². The molecule has 3 heterocycles. The Labute approximate surface area is 207 Å². The van der Waals surface area contributed by atoms with Gasteiger partial charge in [-0.15, -0.1) is 0 Å². The van der Waals surface area contributed by atoms with Gasteiger partial charge < -0.3 is 29.3 Å². The number of halogens is 3. The number of aliphatic hydroxyl groups excluding tert-OH is 2. The molecule has 3 aromatic rings. The second-order valence-corrected chi connectivity index (χ2v) is 8.87. The summed E-state index contributed by atoms with van der Waals surface area (Å²) >= 11 is 0. The zero-order chi connectivity index (χ0) is 26.9. The number of nitrogens with zero attached hydrogens (tertiary/aromatic N) is 3. The van der Waals surface area contributed by atoms with Gasteiger partial charge in [0.25, 0.3) is 5.56 Å². The molecular weight excluding hydrogens is 522 g/mol. The SMILES string of the molecule is O=c1ccn(C2OC(COP(O)O)C(O)C2O)c(=O)n1Cc1cc(-c2ccccc2C(F)(F)F)ccn1. The fourth-order valence-corrected chi connectivity index (χ4v) is 4.26. The van der Waals surface area contributed by atoms with E-state index in [2.05, 4.69) is 9.51 Å². The third-order valence-corrected chi connectivity index (χ3v) is 6.12. The summed E-state index contributed by atoms with van der Waals surface area (Å²) in [6.45, 7) is -0.893. The molecule has 0 bridgehead atoms. The molecule has 0 aliphatic carbocycles. The molecule has 0 saturated carbocycles. The normalized spacial score (nSPS) is 22.1. The van der Waals surface area contributed by atoms with Crippen molar-refractivity contribution in [3.63, 3.8) is 0 Å². The molecular formula is C22H21F3N3O8P. The van der Waals surface area contributed by atoms with E-state index in [9.17, 15) is 33.0 Å². The quantitative estimate of drug-likeness (QED) is 0.319. The summed E-state index contributed by atoms with van der Waals surface area (Å²) in [4.78, 5) is 47.5. The molecule has 0 spiro atoms. The highest BCUT2D eigenvalue weighted by Gasteiger charge is 2.44. The van der Waals surface area contributed by atoms with E-state index < -0.39 is 69.3 Å². The van der Waals surface area contributed by atoms with Gasteiger partial charge in [-0.05, 0) is 29.3 Å². The zero-order valence-corrected chi connectivity index (χ0v) is 19.7. The lowest BCUT2D eigenvalue weighted by Crippen LogP contribution is -2.43. The smallest absolute Gasteiger partial charge is 0.387 e. The lowest BCUT2D eigenvalue weighted by Gasteiger charge is -2.19. The molecule has 1 fully saturated rings. The molecule has 15 heteroatoms. The molecule has 4 N–H and O–H groups in total. The lowest BCUT2D eigenvalue weighted by atomic mass is 9.99. The number of pyridine rings is 1. The Kier molecular flexibility index (Phi) is 7.90. The van der Waals surface area contributed by atoms with Gasteiger partial charge in [0.05, 0.1) is 24.4 Å². The zero-order valence-electron chi connectivity index (χ0n) is 18.8. The van der Waals surface area contributed by atoms with Crippen LogP contribution in [0.15, 0.2) is 64.4 Å². The van der Waals surface area contributed by atoms with Crippen LogP contribution in [0, 0.1) is 0 Å². The Morgan fingerprint density at radius 2 is 1.81 bits per heavy atom. The van der Waals surface area contributed by atoms with Crippen LogP contribution < -0.4 is 11.2 Å². The molecule has 0 amide bonds. The van der Waals surface area contributed by atoms with Gasteiger partial charge in [-0.3, -0.25) is 18.9 Å². The molecule has 1 aliphatic heterocycles. The van der Waals surface area contributed by atoms with Gasteiger partial charge in [0.15, 0.2) is 6.23 Å². The molecule has 198 valence electrons. The van der Waals surface area contributed by atoms with Crippen molar-refractivity contribution in [3.05, 3.63) is 87.0 Å². The topological polar surface area (TPSA) is 156 Å². The predicted molar refractivity (Wildman–Crippen MR) is 122 cm³/mol. The molecule has 1 aromatic carbocycles. The average molecular weight is 543 g/mol. The number of hydrogen-bond acceptors (Lipinski definition) is 9. The molecule has 1 saturated heterocycles. The summed E-state index contributed by atoms with van der Waals surface area (Å²) in [6, 6.07) is 8.66. The predicted octanol–water partition coefficient (Wildman–Crippen LogP) is 0.986. The number of rotatable bonds is 7. The maximum Gasteiger partial charge on any atom is 0.417 e. The molecule has 11 nitrogen and oxygen atoms in total. The highest BCUT2D eigenvalue weighted by Crippen LogP contribution is 2.37. The molecule has 2 aromatic heterocycles. The second kappa shape index (κ2) is 10.8. The van der Waals surface area contributed by atoms with Crippen LogP contribution in [0.2, 0.25) is 0 Å². The fourth-order valence-electron chi connectivity index (χ4n) is 3.98. The Hall–Kier alpha value is -2.97. The van der Waals surface area contributed by atoms with Crippen LogP contribution in [0.4, 0.5) is 13.2 Å². The molecule has 1 aliphatic rings. The summed E-state index contributed by atoms with van der Waals surface area (Å²) in [7, 11) is -2.75. The van der Waals surface area contributed by atoms with Crippen LogP contribution in [0.25, 0.3) is 11.1 Å². The van der Waals surface area contributed by atoms with E-state index in [0.29, 0.717) is 0 Å². The molecule has 0 radical (unpaired) electrons. The summed E-state index contributed by atoms with van der Waals surface area (Å²) in [5, 5.41) is 20.6. The van der Waals surface area contributed by atoms with Crippen LogP contribution >= 0.6 is 8.60 Å². The summed E-state index contributed by atoms with van der Waals surface area (Å²) in [5.41, 5.74) is -2.36. The monoisotopic (exact) mass is 543 g/mol. The van der Waals surface area contributed by atoms with Crippen molar-refractivity contribution in [3.8, 4) is 11.1 Å². The van der Waals surface area contributed by atoms with Gasteiger partial charge in [-0.25, -0.2) is 4.79 Å². The minimum Gasteiger partial charge on any atom is -0.387 e. The minimum atomic E-state index is -4.60. The average Bonchev–Trinajstić information content (AvgIpc) is 3.13. The fraction of sp³-hybridized carbons (Fsp3) is 0.318.